The molecule has 0 bridgehead atoms. The van der Waals surface area contributed by atoms with Crippen molar-refractivity contribution in [3.05, 3.63) is 83.8 Å². The third kappa shape index (κ3) is 11.4. The van der Waals surface area contributed by atoms with E-state index in [0.717, 1.165) is 51.3 Å². The molecule has 0 aliphatic rings. The zero-order chi connectivity index (χ0) is 33.3. The number of rotatable bonds is 20. The Kier molecular flexibility index (Phi) is 15.1. The van der Waals surface area contributed by atoms with Crippen LogP contribution in [0.3, 0.4) is 0 Å². The summed E-state index contributed by atoms with van der Waals surface area (Å²) in [6, 6.07) is 19.0. The van der Waals surface area contributed by atoms with E-state index in [4.69, 9.17) is 14.4 Å². The van der Waals surface area contributed by atoms with Crippen molar-refractivity contribution in [1.82, 2.24) is 19.7 Å². The number of aromatic nitrogens is 3. The van der Waals surface area contributed by atoms with Gasteiger partial charge in [0.1, 0.15) is 6.73 Å². The van der Waals surface area contributed by atoms with Gasteiger partial charge < -0.3 is 9.64 Å². The zero-order valence-electron chi connectivity index (χ0n) is 27.2. The van der Waals surface area contributed by atoms with Crippen LogP contribution in [0.5, 0.6) is 0 Å². The van der Waals surface area contributed by atoms with E-state index in [9.17, 15) is 14.2 Å². The summed E-state index contributed by atoms with van der Waals surface area (Å²) in [7, 11) is 1.11. The van der Waals surface area contributed by atoms with E-state index in [1.807, 2.05) is 60.7 Å². The minimum atomic E-state index is -0.484. The predicted molar refractivity (Wildman–Crippen MR) is 187 cm³/mol. The molecule has 0 saturated carbocycles. The van der Waals surface area contributed by atoms with Gasteiger partial charge in [0.25, 0.3) is 5.91 Å². The van der Waals surface area contributed by atoms with Gasteiger partial charge in [-0.05, 0) is 61.0 Å². The number of pyridine rings is 1. The second kappa shape index (κ2) is 19.7. The van der Waals surface area contributed by atoms with Crippen molar-refractivity contribution in [1.29, 1.82) is 0 Å². The number of esters is 1. The van der Waals surface area contributed by atoms with Gasteiger partial charge in [0.05, 0.1) is 22.5 Å². The van der Waals surface area contributed by atoms with Crippen molar-refractivity contribution in [2.45, 2.75) is 87.7 Å². The molecule has 0 N–H and O–H groups in total. The first-order valence-corrected chi connectivity index (χ1v) is 17.8. The summed E-state index contributed by atoms with van der Waals surface area (Å²) in [5.74, 6) is -0.478. The Morgan fingerprint density at radius 2 is 1.68 bits per heavy atom. The molecule has 0 aliphatic carbocycles. The van der Waals surface area contributed by atoms with Gasteiger partial charge in [-0.3, -0.25) is 19.1 Å². The Balaban J connectivity index is 1.47. The molecule has 0 radical (unpaired) electrons. The van der Waals surface area contributed by atoms with Gasteiger partial charge in [0, 0.05) is 34.8 Å². The average Bonchev–Trinajstić information content (AvgIpc) is 3.45. The van der Waals surface area contributed by atoms with Gasteiger partial charge in [-0.25, -0.2) is 9.25 Å². The zero-order valence-corrected chi connectivity index (χ0v) is 28.9. The van der Waals surface area contributed by atoms with E-state index in [-0.39, 0.29) is 25.3 Å². The highest BCUT2D eigenvalue weighted by Gasteiger charge is 2.18. The van der Waals surface area contributed by atoms with Crippen molar-refractivity contribution in [2.75, 3.05) is 13.8 Å². The SMILES string of the molecule is CCCCCCCCCCCC(=O)OCn1nc(/C=C/c2ccccn2)c2ccc(Sc3ccccc3C(=O)N(C)COP=O)cc21. The maximum absolute atomic E-state index is 13.1. The number of hydrogen-bond donors (Lipinski definition) is 0. The maximum atomic E-state index is 13.1. The third-order valence-corrected chi connectivity index (χ3v) is 8.97. The fraction of sp³-hybridized carbons (Fsp3) is 0.389. The summed E-state index contributed by atoms with van der Waals surface area (Å²) >= 11 is 1.45. The molecule has 0 unspecified atom stereocenters. The molecule has 4 rings (SSSR count). The maximum Gasteiger partial charge on any atom is 0.329 e. The molecule has 0 saturated heterocycles. The van der Waals surface area contributed by atoms with E-state index in [1.165, 1.54) is 55.2 Å². The second-order valence-electron chi connectivity index (χ2n) is 11.3. The lowest BCUT2D eigenvalue weighted by molar-refractivity contribution is -0.147. The number of carbonyl (C=O) groups is 2. The topological polar surface area (TPSA) is 104 Å². The van der Waals surface area contributed by atoms with E-state index >= 15 is 0 Å². The molecule has 47 heavy (non-hydrogen) atoms. The lowest BCUT2D eigenvalue weighted by Gasteiger charge is -2.17. The Bertz CT molecular complexity index is 1630. The van der Waals surface area contributed by atoms with E-state index in [2.05, 4.69) is 11.9 Å². The van der Waals surface area contributed by atoms with Crippen molar-refractivity contribution in [2.24, 2.45) is 0 Å². The third-order valence-electron chi connectivity index (χ3n) is 7.68. The molecular weight excluding hydrogens is 631 g/mol. The summed E-state index contributed by atoms with van der Waals surface area (Å²) in [4.78, 5) is 33.1. The largest absolute Gasteiger partial charge is 0.442 e. The molecule has 2 heterocycles. The van der Waals surface area contributed by atoms with Gasteiger partial charge in [0.15, 0.2) is 6.73 Å². The molecule has 0 aliphatic heterocycles. The van der Waals surface area contributed by atoms with E-state index in [1.54, 1.807) is 30.1 Å². The minimum Gasteiger partial charge on any atom is -0.442 e. The van der Waals surface area contributed by atoms with Crippen molar-refractivity contribution >= 4 is 55.4 Å². The lowest BCUT2D eigenvalue weighted by atomic mass is 10.1. The summed E-state index contributed by atoms with van der Waals surface area (Å²) in [6.07, 6.45) is 16.6. The fourth-order valence-electron chi connectivity index (χ4n) is 5.12. The number of carbonyl (C=O) groups excluding carboxylic acids is 2. The summed E-state index contributed by atoms with van der Waals surface area (Å²) in [5, 5.41) is 5.69. The molecule has 11 heteroatoms. The van der Waals surface area contributed by atoms with Crippen molar-refractivity contribution in [3.63, 3.8) is 0 Å². The van der Waals surface area contributed by atoms with Crippen LogP contribution in [0.25, 0.3) is 23.1 Å². The number of nitrogens with zero attached hydrogens (tertiary/aromatic N) is 4. The molecule has 0 fully saturated rings. The fourth-order valence-corrected chi connectivity index (χ4v) is 6.32. The van der Waals surface area contributed by atoms with Gasteiger partial charge >= 0.3 is 14.7 Å². The lowest BCUT2D eigenvalue weighted by Crippen LogP contribution is -2.28. The molecule has 0 spiro atoms. The summed E-state index contributed by atoms with van der Waals surface area (Å²) < 4.78 is 23.0. The first-order chi connectivity index (χ1) is 23.0. The van der Waals surface area contributed by atoms with Crippen LogP contribution in [0.15, 0.2) is 76.7 Å². The van der Waals surface area contributed by atoms with Crippen LogP contribution in [0, 0.1) is 0 Å². The highest BCUT2D eigenvalue weighted by molar-refractivity contribution is 7.99. The number of benzene rings is 2. The van der Waals surface area contributed by atoms with Crippen LogP contribution >= 0.6 is 20.4 Å². The predicted octanol–water partition coefficient (Wildman–Crippen LogP) is 9.43. The first-order valence-electron chi connectivity index (χ1n) is 16.2. The minimum absolute atomic E-state index is 0.00275. The van der Waals surface area contributed by atoms with Gasteiger partial charge in [-0.1, -0.05) is 88.3 Å². The van der Waals surface area contributed by atoms with Crippen molar-refractivity contribution < 1.29 is 23.4 Å². The molecule has 2 aromatic carbocycles. The van der Waals surface area contributed by atoms with E-state index in [0.29, 0.717) is 12.0 Å². The molecule has 0 atom stereocenters. The Morgan fingerprint density at radius 1 is 0.936 bits per heavy atom. The highest BCUT2D eigenvalue weighted by Crippen LogP contribution is 2.34. The highest BCUT2D eigenvalue weighted by atomic mass is 32.2. The van der Waals surface area contributed by atoms with Gasteiger partial charge in [-0.2, -0.15) is 5.10 Å². The van der Waals surface area contributed by atoms with Crippen LogP contribution in [0.2, 0.25) is 0 Å². The molecule has 248 valence electrons. The number of fused-ring (bicyclic) bond motifs is 1. The first kappa shape index (κ1) is 36.0. The Morgan fingerprint density at radius 3 is 2.43 bits per heavy atom. The quantitative estimate of drug-likeness (QED) is 0.0395. The monoisotopic (exact) mass is 674 g/mol. The van der Waals surface area contributed by atoms with Gasteiger partial charge in [0.2, 0.25) is 0 Å². The number of ether oxygens (including phenoxy) is 1. The molecular formula is C36H43N4O5PS. The summed E-state index contributed by atoms with van der Waals surface area (Å²) in [6.45, 7) is 2.13. The van der Waals surface area contributed by atoms with Crippen LogP contribution in [-0.2, 0) is 25.4 Å². The van der Waals surface area contributed by atoms with Gasteiger partial charge in [-0.15, -0.1) is 0 Å². The number of unbranched alkanes of at least 4 members (excludes halogenated alkanes) is 8. The van der Waals surface area contributed by atoms with Crippen LogP contribution in [-0.4, -0.2) is 45.3 Å². The molecule has 4 aromatic rings. The van der Waals surface area contributed by atoms with Crippen LogP contribution < -0.4 is 0 Å². The van der Waals surface area contributed by atoms with Crippen LogP contribution in [0.4, 0.5) is 0 Å². The van der Waals surface area contributed by atoms with E-state index < -0.39 is 8.69 Å². The molecule has 1 amide bonds. The Labute approximate surface area is 283 Å². The molecule has 2 aromatic heterocycles. The van der Waals surface area contributed by atoms with Crippen molar-refractivity contribution in [3.8, 4) is 0 Å². The number of amides is 1. The smallest absolute Gasteiger partial charge is 0.329 e. The molecule has 9 nitrogen and oxygen atoms in total. The number of hydrogen-bond acceptors (Lipinski definition) is 8. The normalized spacial score (nSPS) is 11.4. The summed E-state index contributed by atoms with van der Waals surface area (Å²) in [5.41, 5.74) is 2.84. The Hall–Kier alpha value is -3.85. The standard InChI is InChI=1S/C36H43N4O5PS/c1-3-4-5-6-7-8-9-10-11-19-35(41)44-27-40-33-25-29(21-22-30(33)32(38-40)23-20-28-16-14-15-24-37-28)47-34-18-13-12-17-31(34)36(42)39(2)26-45-46-43/h12-18,20-25H,3-11,19,26-27H2,1-2H3/b23-20+. The average molecular weight is 675 g/mol. The second-order valence-corrected chi connectivity index (χ2v) is 12.8. The van der Waals surface area contributed by atoms with Crippen LogP contribution in [0.1, 0.15) is 92.9 Å².